The highest BCUT2D eigenvalue weighted by molar-refractivity contribution is 5.93. The first-order valence-electron chi connectivity index (χ1n) is 6.85. The zero-order valence-corrected chi connectivity index (χ0v) is 12.3. The maximum atomic E-state index is 13.8. The van der Waals surface area contributed by atoms with Gasteiger partial charge in [-0.1, -0.05) is 6.07 Å². The smallest absolute Gasteiger partial charge is 0.293 e. The highest BCUT2D eigenvalue weighted by Gasteiger charge is 2.10. The van der Waals surface area contributed by atoms with E-state index in [1.54, 1.807) is 34.4 Å². The number of nitrogens with zero attached hydrogens (tertiary/aromatic N) is 2. The number of benzene rings is 1. The molecule has 2 N–H and O–H groups in total. The first-order valence-corrected chi connectivity index (χ1v) is 6.85. The van der Waals surface area contributed by atoms with Crippen molar-refractivity contribution in [3.8, 4) is 5.75 Å². The maximum Gasteiger partial charge on any atom is 0.293 e. The van der Waals surface area contributed by atoms with Crippen LogP contribution in [0.2, 0.25) is 0 Å². The summed E-state index contributed by atoms with van der Waals surface area (Å²) in [6, 6.07) is 9.83. The molecule has 0 saturated carbocycles. The molecule has 6 nitrogen and oxygen atoms in total. The Morgan fingerprint density at radius 3 is 2.87 bits per heavy atom. The van der Waals surface area contributed by atoms with Gasteiger partial charge in [0, 0.05) is 18.1 Å². The van der Waals surface area contributed by atoms with Crippen LogP contribution < -0.4 is 10.2 Å². The lowest BCUT2D eigenvalue weighted by Gasteiger charge is -2.08. The van der Waals surface area contributed by atoms with Crippen LogP contribution in [0.5, 0.6) is 5.75 Å². The van der Waals surface area contributed by atoms with Crippen LogP contribution in [0.25, 0.3) is 11.0 Å². The van der Waals surface area contributed by atoms with Gasteiger partial charge in [-0.25, -0.2) is 14.9 Å². The van der Waals surface area contributed by atoms with Crippen molar-refractivity contribution >= 4 is 16.9 Å². The fourth-order valence-corrected chi connectivity index (χ4v) is 2.38. The van der Waals surface area contributed by atoms with Crippen molar-refractivity contribution in [2.75, 3.05) is 7.11 Å². The van der Waals surface area contributed by atoms with Gasteiger partial charge in [-0.3, -0.25) is 10.0 Å². The number of hydrogen-bond acceptors (Lipinski definition) is 4. The standard InChI is InChI=1S/C16H14FN3O3/c1-23-14-5-2-10(8-12(14)17)9-20-7-6-11-3-4-13(16(21)19-22)18-15(11)20/h2-8,22H,9H2,1H3,(H,19,21). The van der Waals surface area contributed by atoms with Crippen LogP contribution in [0.3, 0.4) is 0 Å². The molecule has 0 aliphatic rings. The molecule has 2 aromatic heterocycles. The van der Waals surface area contributed by atoms with Crippen LogP contribution in [0.15, 0.2) is 42.6 Å². The van der Waals surface area contributed by atoms with Gasteiger partial charge in [-0.05, 0) is 35.9 Å². The molecule has 0 fully saturated rings. The van der Waals surface area contributed by atoms with E-state index >= 15 is 0 Å². The monoisotopic (exact) mass is 315 g/mol. The lowest BCUT2D eigenvalue weighted by Crippen LogP contribution is -2.20. The average molecular weight is 315 g/mol. The van der Waals surface area contributed by atoms with Crippen molar-refractivity contribution in [3.63, 3.8) is 0 Å². The molecule has 1 aromatic carbocycles. The van der Waals surface area contributed by atoms with Crippen molar-refractivity contribution < 1.29 is 19.1 Å². The normalized spacial score (nSPS) is 10.7. The number of halogens is 1. The molecule has 0 saturated heterocycles. The number of methoxy groups -OCH3 is 1. The zero-order chi connectivity index (χ0) is 16.4. The van der Waals surface area contributed by atoms with Crippen LogP contribution in [-0.4, -0.2) is 27.8 Å². The second-order valence-electron chi connectivity index (χ2n) is 4.96. The van der Waals surface area contributed by atoms with E-state index < -0.39 is 11.7 Å². The molecular formula is C16H14FN3O3. The number of carbonyl (C=O) groups is 1. The Hall–Kier alpha value is -2.93. The fourth-order valence-electron chi connectivity index (χ4n) is 2.38. The van der Waals surface area contributed by atoms with Gasteiger partial charge in [0.2, 0.25) is 0 Å². The summed E-state index contributed by atoms with van der Waals surface area (Å²) >= 11 is 0. The number of ether oxygens (including phenoxy) is 1. The Morgan fingerprint density at radius 2 is 2.17 bits per heavy atom. The van der Waals surface area contributed by atoms with Crippen LogP contribution in [0, 0.1) is 5.82 Å². The van der Waals surface area contributed by atoms with Crippen molar-refractivity contribution in [1.82, 2.24) is 15.0 Å². The number of rotatable bonds is 4. The SMILES string of the molecule is COc1ccc(Cn2ccc3ccc(C(=O)NO)nc32)cc1F. The van der Waals surface area contributed by atoms with Crippen LogP contribution in [0.1, 0.15) is 16.1 Å². The Balaban J connectivity index is 1.96. The van der Waals surface area contributed by atoms with Gasteiger partial charge in [0.25, 0.3) is 5.91 Å². The molecule has 0 spiro atoms. The Morgan fingerprint density at radius 1 is 1.35 bits per heavy atom. The molecule has 2 heterocycles. The molecule has 0 unspecified atom stereocenters. The summed E-state index contributed by atoms with van der Waals surface area (Å²) in [5.74, 6) is -0.934. The highest BCUT2D eigenvalue weighted by Crippen LogP contribution is 2.20. The Bertz CT molecular complexity index is 876. The van der Waals surface area contributed by atoms with Crippen molar-refractivity contribution in [2.45, 2.75) is 6.54 Å². The number of aromatic nitrogens is 2. The predicted molar refractivity (Wildman–Crippen MR) is 81.0 cm³/mol. The number of fused-ring (bicyclic) bond motifs is 1. The molecule has 0 aliphatic heterocycles. The minimum absolute atomic E-state index is 0.0980. The van der Waals surface area contributed by atoms with Crippen LogP contribution in [0.4, 0.5) is 4.39 Å². The quantitative estimate of drug-likeness (QED) is 0.572. The molecule has 0 radical (unpaired) electrons. The van der Waals surface area contributed by atoms with Crippen molar-refractivity contribution in [2.24, 2.45) is 0 Å². The van der Waals surface area contributed by atoms with E-state index in [9.17, 15) is 9.18 Å². The second-order valence-corrected chi connectivity index (χ2v) is 4.96. The third kappa shape index (κ3) is 2.86. The van der Waals surface area contributed by atoms with Gasteiger partial charge in [0.15, 0.2) is 11.6 Å². The third-order valence-corrected chi connectivity index (χ3v) is 3.51. The number of hydroxylamine groups is 1. The minimum Gasteiger partial charge on any atom is -0.494 e. The number of nitrogens with one attached hydrogen (secondary N) is 1. The summed E-state index contributed by atoms with van der Waals surface area (Å²) in [5, 5.41) is 9.54. The summed E-state index contributed by atoms with van der Waals surface area (Å²) in [6.45, 7) is 0.390. The molecule has 118 valence electrons. The Kier molecular flexibility index (Phi) is 3.94. The van der Waals surface area contributed by atoms with E-state index in [4.69, 9.17) is 9.94 Å². The van der Waals surface area contributed by atoms with E-state index in [0.29, 0.717) is 12.2 Å². The zero-order valence-electron chi connectivity index (χ0n) is 12.3. The second kappa shape index (κ2) is 6.05. The lowest BCUT2D eigenvalue weighted by molar-refractivity contribution is 0.0701. The van der Waals surface area contributed by atoms with Gasteiger partial charge < -0.3 is 9.30 Å². The van der Waals surface area contributed by atoms with Gasteiger partial charge in [0.1, 0.15) is 11.3 Å². The largest absolute Gasteiger partial charge is 0.494 e. The average Bonchev–Trinajstić information content (AvgIpc) is 2.96. The first-order chi connectivity index (χ1) is 11.1. The van der Waals surface area contributed by atoms with Crippen molar-refractivity contribution in [1.29, 1.82) is 0 Å². The summed E-state index contributed by atoms with van der Waals surface area (Å²) in [6.07, 6.45) is 1.81. The fraction of sp³-hybridized carbons (Fsp3) is 0.125. The molecule has 23 heavy (non-hydrogen) atoms. The number of amides is 1. The van der Waals surface area contributed by atoms with E-state index in [1.165, 1.54) is 19.2 Å². The molecule has 0 aliphatic carbocycles. The molecule has 7 heteroatoms. The van der Waals surface area contributed by atoms with Gasteiger partial charge >= 0.3 is 0 Å². The topological polar surface area (TPSA) is 76.4 Å². The highest BCUT2D eigenvalue weighted by atomic mass is 19.1. The summed E-state index contributed by atoms with van der Waals surface area (Å²) < 4.78 is 20.5. The van der Waals surface area contributed by atoms with E-state index in [0.717, 1.165) is 10.9 Å². The number of pyridine rings is 1. The van der Waals surface area contributed by atoms with E-state index in [2.05, 4.69) is 4.98 Å². The molecule has 0 atom stereocenters. The van der Waals surface area contributed by atoms with E-state index in [-0.39, 0.29) is 11.4 Å². The van der Waals surface area contributed by atoms with Gasteiger partial charge in [-0.2, -0.15) is 0 Å². The van der Waals surface area contributed by atoms with Crippen LogP contribution >= 0.6 is 0 Å². The van der Waals surface area contributed by atoms with Crippen LogP contribution in [-0.2, 0) is 6.54 Å². The minimum atomic E-state index is -0.685. The summed E-state index contributed by atoms with van der Waals surface area (Å²) in [5.41, 5.74) is 2.96. The van der Waals surface area contributed by atoms with Gasteiger partial charge in [0.05, 0.1) is 7.11 Å². The molecular weight excluding hydrogens is 301 g/mol. The maximum absolute atomic E-state index is 13.8. The number of carbonyl (C=O) groups excluding carboxylic acids is 1. The lowest BCUT2D eigenvalue weighted by atomic mass is 10.2. The molecule has 0 bridgehead atoms. The third-order valence-electron chi connectivity index (χ3n) is 3.51. The molecule has 3 rings (SSSR count). The first kappa shape index (κ1) is 15.0. The Labute approximate surface area is 131 Å². The van der Waals surface area contributed by atoms with Crippen molar-refractivity contribution in [3.05, 3.63) is 59.7 Å². The summed E-state index contributed by atoms with van der Waals surface area (Å²) in [4.78, 5) is 15.7. The predicted octanol–water partition coefficient (Wildman–Crippen LogP) is 2.35. The van der Waals surface area contributed by atoms with E-state index in [1.807, 2.05) is 6.07 Å². The molecule has 3 aromatic rings. The van der Waals surface area contributed by atoms with Gasteiger partial charge in [-0.15, -0.1) is 0 Å². The summed E-state index contributed by atoms with van der Waals surface area (Å²) in [7, 11) is 1.41. The number of hydrogen-bond donors (Lipinski definition) is 2. The molecule has 1 amide bonds.